The van der Waals surface area contributed by atoms with E-state index in [0.29, 0.717) is 18.7 Å². The van der Waals surface area contributed by atoms with Crippen LogP contribution >= 0.6 is 0 Å². The predicted molar refractivity (Wildman–Crippen MR) is 118 cm³/mol. The van der Waals surface area contributed by atoms with Gasteiger partial charge in [-0.15, -0.1) is 0 Å². The highest BCUT2D eigenvalue weighted by Gasteiger charge is 2.23. The SMILES string of the molecule is O=C(C=Cc1cccc(F)c1)N1CCC(Oc2cccc(CN3CCOCC3)c2)CC1. The number of hydrogen-bond donors (Lipinski definition) is 0. The van der Waals surface area contributed by atoms with Crippen molar-refractivity contribution in [3.8, 4) is 5.75 Å². The molecule has 2 saturated heterocycles. The lowest BCUT2D eigenvalue weighted by molar-refractivity contribution is -0.127. The summed E-state index contributed by atoms with van der Waals surface area (Å²) in [4.78, 5) is 16.7. The van der Waals surface area contributed by atoms with E-state index < -0.39 is 0 Å². The summed E-state index contributed by atoms with van der Waals surface area (Å²) >= 11 is 0. The molecule has 0 aliphatic carbocycles. The number of piperidine rings is 1. The highest BCUT2D eigenvalue weighted by molar-refractivity contribution is 5.91. The van der Waals surface area contributed by atoms with Crippen molar-refractivity contribution in [2.75, 3.05) is 39.4 Å². The first-order chi connectivity index (χ1) is 15.2. The molecular formula is C25H29FN2O3. The van der Waals surface area contributed by atoms with Crippen LogP contribution in [0.1, 0.15) is 24.0 Å². The van der Waals surface area contributed by atoms with E-state index in [0.717, 1.165) is 51.4 Å². The number of nitrogens with zero attached hydrogens (tertiary/aromatic N) is 2. The number of halogens is 1. The van der Waals surface area contributed by atoms with Crippen molar-refractivity contribution in [2.24, 2.45) is 0 Å². The summed E-state index contributed by atoms with van der Waals surface area (Å²) in [5.41, 5.74) is 1.93. The number of amides is 1. The zero-order chi connectivity index (χ0) is 21.5. The van der Waals surface area contributed by atoms with Gasteiger partial charge in [-0.1, -0.05) is 24.3 Å². The Labute approximate surface area is 183 Å². The van der Waals surface area contributed by atoms with Crippen LogP contribution in [0, 0.1) is 5.82 Å². The van der Waals surface area contributed by atoms with Crippen molar-refractivity contribution in [3.05, 3.63) is 71.6 Å². The first-order valence-corrected chi connectivity index (χ1v) is 10.9. The summed E-state index contributed by atoms with van der Waals surface area (Å²) in [6.45, 7) is 5.74. The number of hydrogen-bond acceptors (Lipinski definition) is 4. The number of ether oxygens (including phenoxy) is 2. The highest BCUT2D eigenvalue weighted by atomic mass is 19.1. The largest absolute Gasteiger partial charge is 0.490 e. The van der Waals surface area contributed by atoms with Gasteiger partial charge in [-0.2, -0.15) is 0 Å². The van der Waals surface area contributed by atoms with E-state index in [2.05, 4.69) is 17.0 Å². The van der Waals surface area contributed by atoms with Crippen molar-refractivity contribution in [1.29, 1.82) is 0 Å². The summed E-state index contributed by atoms with van der Waals surface area (Å²) in [7, 11) is 0. The Bertz CT molecular complexity index is 903. The molecule has 0 unspecified atom stereocenters. The van der Waals surface area contributed by atoms with Crippen molar-refractivity contribution >= 4 is 12.0 Å². The third kappa shape index (κ3) is 6.39. The first-order valence-electron chi connectivity index (χ1n) is 10.9. The third-order valence-corrected chi connectivity index (χ3v) is 5.73. The molecule has 2 aliphatic heterocycles. The fraction of sp³-hybridized carbons (Fsp3) is 0.400. The van der Waals surface area contributed by atoms with Gasteiger partial charge in [0, 0.05) is 51.6 Å². The number of benzene rings is 2. The van der Waals surface area contributed by atoms with Crippen LogP contribution in [-0.4, -0.2) is 61.2 Å². The summed E-state index contributed by atoms with van der Waals surface area (Å²) < 4.78 is 24.9. The molecule has 4 rings (SSSR count). The van der Waals surface area contributed by atoms with Crippen molar-refractivity contribution < 1.29 is 18.7 Å². The number of rotatable bonds is 6. The smallest absolute Gasteiger partial charge is 0.246 e. The molecule has 164 valence electrons. The molecule has 2 aromatic carbocycles. The second-order valence-corrected chi connectivity index (χ2v) is 8.07. The molecule has 0 atom stereocenters. The lowest BCUT2D eigenvalue weighted by Gasteiger charge is -2.31. The topological polar surface area (TPSA) is 42.0 Å². The minimum Gasteiger partial charge on any atom is -0.490 e. The summed E-state index contributed by atoms with van der Waals surface area (Å²) in [5.74, 6) is 0.540. The van der Waals surface area contributed by atoms with Crippen LogP contribution in [0.3, 0.4) is 0 Å². The van der Waals surface area contributed by atoms with Gasteiger partial charge >= 0.3 is 0 Å². The van der Waals surface area contributed by atoms with E-state index in [-0.39, 0.29) is 17.8 Å². The molecule has 5 nitrogen and oxygen atoms in total. The van der Waals surface area contributed by atoms with Crippen LogP contribution in [0.2, 0.25) is 0 Å². The molecule has 0 aromatic heterocycles. The maximum Gasteiger partial charge on any atom is 0.246 e. The summed E-state index contributed by atoms with van der Waals surface area (Å²) in [5, 5.41) is 0. The van der Waals surface area contributed by atoms with E-state index in [1.165, 1.54) is 23.8 Å². The monoisotopic (exact) mass is 424 g/mol. The Morgan fingerprint density at radius 1 is 1.06 bits per heavy atom. The van der Waals surface area contributed by atoms with E-state index in [1.807, 2.05) is 17.0 Å². The van der Waals surface area contributed by atoms with E-state index in [1.54, 1.807) is 18.2 Å². The number of carbonyl (C=O) groups excluding carboxylic acids is 1. The Hall–Kier alpha value is -2.70. The minimum absolute atomic E-state index is 0.0461. The Kier molecular flexibility index (Phi) is 7.33. The van der Waals surface area contributed by atoms with Gasteiger partial charge in [0.25, 0.3) is 0 Å². The van der Waals surface area contributed by atoms with E-state index >= 15 is 0 Å². The molecule has 2 heterocycles. The lowest BCUT2D eigenvalue weighted by Crippen LogP contribution is -2.41. The predicted octanol–water partition coefficient (Wildman–Crippen LogP) is 3.74. The summed E-state index contributed by atoms with van der Waals surface area (Å²) in [6.07, 6.45) is 4.88. The normalized spacial score (nSPS) is 18.4. The second-order valence-electron chi connectivity index (χ2n) is 8.07. The van der Waals surface area contributed by atoms with Crippen molar-refractivity contribution in [3.63, 3.8) is 0 Å². The van der Waals surface area contributed by atoms with Crippen LogP contribution in [0.25, 0.3) is 6.08 Å². The Morgan fingerprint density at radius 2 is 1.84 bits per heavy atom. The van der Waals surface area contributed by atoms with Gasteiger partial charge in [0.05, 0.1) is 13.2 Å². The van der Waals surface area contributed by atoms with Gasteiger partial charge in [0.15, 0.2) is 0 Å². The fourth-order valence-electron chi connectivity index (χ4n) is 4.00. The highest BCUT2D eigenvalue weighted by Crippen LogP contribution is 2.21. The maximum absolute atomic E-state index is 13.3. The van der Waals surface area contributed by atoms with Crippen LogP contribution < -0.4 is 4.74 Å². The van der Waals surface area contributed by atoms with Crippen LogP contribution in [0.15, 0.2) is 54.6 Å². The Morgan fingerprint density at radius 3 is 2.61 bits per heavy atom. The van der Waals surface area contributed by atoms with Gasteiger partial charge < -0.3 is 14.4 Å². The standard InChI is InChI=1S/C25H29FN2O3/c26-22-5-1-3-20(17-22)7-8-25(29)28-11-9-23(10-12-28)31-24-6-2-4-21(18-24)19-27-13-15-30-16-14-27/h1-8,17-18,23H,9-16,19H2. The molecule has 31 heavy (non-hydrogen) atoms. The minimum atomic E-state index is -0.304. The molecule has 0 radical (unpaired) electrons. The van der Waals surface area contributed by atoms with Gasteiger partial charge in [0.1, 0.15) is 17.7 Å². The maximum atomic E-state index is 13.3. The molecule has 2 fully saturated rings. The van der Waals surface area contributed by atoms with Crippen molar-refractivity contribution in [2.45, 2.75) is 25.5 Å². The first kappa shape index (κ1) is 21.5. The van der Waals surface area contributed by atoms with E-state index in [4.69, 9.17) is 9.47 Å². The van der Waals surface area contributed by atoms with Gasteiger partial charge in [-0.05, 0) is 41.5 Å². The average molecular weight is 425 g/mol. The number of likely N-dealkylation sites (tertiary alicyclic amines) is 1. The Balaban J connectivity index is 1.25. The molecule has 1 amide bonds. The second kappa shape index (κ2) is 10.6. The van der Waals surface area contributed by atoms with Crippen LogP contribution in [-0.2, 0) is 16.1 Å². The summed E-state index contributed by atoms with van der Waals surface area (Å²) in [6, 6.07) is 14.5. The molecule has 0 saturated carbocycles. The lowest BCUT2D eigenvalue weighted by atomic mass is 10.1. The molecule has 0 bridgehead atoms. The molecule has 6 heteroatoms. The molecular weight excluding hydrogens is 395 g/mol. The number of morpholine rings is 1. The number of carbonyl (C=O) groups is 1. The van der Waals surface area contributed by atoms with Gasteiger partial charge in [-0.25, -0.2) is 4.39 Å². The average Bonchev–Trinajstić information content (AvgIpc) is 2.79. The quantitative estimate of drug-likeness (QED) is 0.663. The van der Waals surface area contributed by atoms with Crippen molar-refractivity contribution in [1.82, 2.24) is 9.80 Å². The van der Waals surface area contributed by atoms with Crippen LogP contribution in [0.4, 0.5) is 4.39 Å². The third-order valence-electron chi connectivity index (χ3n) is 5.73. The fourth-order valence-corrected chi connectivity index (χ4v) is 4.00. The molecule has 0 spiro atoms. The molecule has 0 N–H and O–H groups in total. The molecule has 2 aromatic rings. The zero-order valence-corrected chi connectivity index (χ0v) is 17.7. The van der Waals surface area contributed by atoms with Gasteiger partial charge in [-0.3, -0.25) is 9.69 Å². The molecule has 2 aliphatic rings. The van der Waals surface area contributed by atoms with E-state index in [9.17, 15) is 9.18 Å². The van der Waals surface area contributed by atoms with Gasteiger partial charge in [0.2, 0.25) is 5.91 Å². The zero-order valence-electron chi connectivity index (χ0n) is 17.7. The van der Waals surface area contributed by atoms with Crippen LogP contribution in [0.5, 0.6) is 5.75 Å².